The first-order valence-electron chi connectivity index (χ1n) is 5.59. The molecule has 0 aliphatic rings. The van der Waals surface area contributed by atoms with E-state index in [2.05, 4.69) is 36.7 Å². The molecule has 0 radical (unpaired) electrons. The highest BCUT2D eigenvalue weighted by Crippen LogP contribution is 2.28. The predicted octanol–water partition coefficient (Wildman–Crippen LogP) is 2.88. The van der Waals surface area contributed by atoms with Crippen LogP contribution in [0.2, 0.25) is 0 Å². The van der Waals surface area contributed by atoms with Gasteiger partial charge in [0.25, 0.3) is 0 Å². The second-order valence-corrected chi connectivity index (χ2v) is 4.64. The van der Waals surface area contributed by atoms with Crippen LogP contribution in [0.1, 0.15) is 24.1 Å². The van der Waals surface area contributed by atoms with Crippen molar-refractivity contribution in [2.24, 2.45) is 0 Å². The molecule has 1 atom stereocenters. The molecule has 1 rings (SSSR count). The Morgan fingerprint density at radius 3 is 2.69 bits per heavy atom. The van der Waals surface area contributed by atoms with E-state index in [-0.39, 0.29) is 0 Å². The topological polar surface area (TPSA) is 21.3 Å². The number of rotatable bonds is 6. The molecule has 0 heterocycles. The molecule has 90 valence electrons. The molecule has 2 nitrogen and oxygen atoms in total. The van der Waals surface area contributed by atoms with Crippen LogP contribution in [0.15, 0.2) is 18.2 Å². The highest BCUT2D eigenvalue weighted by atomic mass is 32.2. The lowest BCUT2D eigenvalue weighted by molar-refractivity contribution is 0.404. The molecule has 0 aliphatic carbocycles. The van der Waals surface area contributed by atoms with Crippen molar-refractivity contribution in [2.45, 2.75) is 19.4 Å². The average Bonchev–Trinajstić information content (AvgIpc) is 2.35. The number of thioether (sulfide) groups is 1. The second-order valence-electron chi connectivity index (χ2n) is 3.73. The summed E-state index contributed by atoms with van der Waals surface area (Å²) in [6.45, 7) is 2.18. The van der Waals surface area contributed by atoms with Crippen molar-refractivity contribution < 1.29 is 4.74 Å². The molecule has 0 aromatic heterocycles. The summed E-state index contributed by atoms with van der Waals surface area (Å²) in [5, 5.41) is 3.34. The van der Waals surface area contributed by atoms with E-state index in [4.69, 9.17) is 4.74 Å². The Balaban J connectivity index is 3.05. The van der Waals surface area contributed by atoms with Gasteiger partial charge in [0.2, 0.25) is 0 Å². The zero-order valence-corrected chi connectivity index (χ0v) is 11.4. The summed E-state index contributed by atoms with van der Waals surface area (Å²) in [6.07, 6.45) is 3.19. The number of methoxy groups -OCH3 is 1. The number of nitrogens with one attached hydrogen (secondary N) is 1. The number of hydrogen-bond acceptors (Lipinski definition) is 3. The third kappa shape index (κ3) is 3.16. The van der Waals surface area contributed by atoms with E-state index < -0.39 is 0 Å². The van der Waals surface area contributed by atoms with Crippen LogP contribution in [-0.4, -0.2) is 26.2 Å². The van der Waals surface area contributed by atoms with E-state index in [0.29, 0.717) is 6.04 Å². The van der Waals surface area contributed by atoms with Crippen LogP contribution >= 0.6 is 11.8 Å². The van der Waals surface area contributed by atoms with Crippen LogP contribution in [-0.2, 0) is 6.42 Å². The van der Waals surface area contributed by atoms with Gasteiger partial charge in [-0.25, -0.2) is 0 Å². The highest BCUT2D eigenvalue weighted by molar-refractivity contribution is 7.98. The highest BCUT2D eigenvalue weighted by Gasteiger charge is 2.14. The number of aryl methyl sites for hydroxylation is 1. The molecular formula is C13H21NOS. The third-order valence-electron chi connectivity index (χ3n) is 2.76. The maximum absolute atomic E-state index is 5.42. The Hall–Kier alpha value is -0.670. The van der Waals surface area contributed by atoms with Gasteiger partial charge in [0.05, 0.1) is 7.11 Å². The molecule has 0 fully saturated rings. The molecule has 0 aliphatic heterocycles. The van der Waals surface area contributed by atoms with E-state index in [1.165, 1.54) is 11.1 Å². The van der Waals surface area contributed by atoms with Crippen LogP contribution in [0, 0.1) is 0 Å². The smallest absolute Gasteiger partial charge is 0.123 e. The minimum atomic E-state index is 0.358. The van der Waals surface area contributed by atoms with Crippen LogP contribution in [0.4, 0.5) is 0 Å². The van der Waals surface area contributed by atoms with Gasteiger partial charge in [0.1, 0.15) is 5.75 Å². The molecule has 0 bridgehead atoms. The van der Waals surface area contributed by atoms with Gasteiger partial charge in [-0.2, -0.15) is 11.8 Å². The molecule has 3 heteroatoms. The van der Waals surface area contributed by atoms with Crippen LogP contribution in [0.25, 0.3) is 0 Å². The number of benzene rings is 1. The van der Waals surface area contributed by atoms with Crippen LogP contribution in [0.5, 0.6) is 5.75 Å². The van der Waals surface area contributed by atoms with Crippen molar-refractivity contribution in [2.75, 3.05) is 26.2 Å². The Labute approximate surface area is 103 Å². The Morgan fingerprint density at radius 2 is 2.19 bits per heavy atom. The summed E-state index contributed by atoms with van der Waals surface area (Å²) in [4.78, 5) is 0. The van der Waals surface area contributed by atoms with Gasteiger partial charge < -0.3 is 10.1 Å². The van der Waals surface area contributed by atoms with Gasteiger partial charge in [0, 0.05) is 17.4 Å². The standard InChI is InChI=1S/C13H21NOS/c1-5-10-6-7-13(15-3)11(8-10)12(14-2)9-16-4/h6-8,12,14H,5,9H2,1-4H3. The van der Waals surface area contributed by atoms with Gasteiger partial charge in [-0.15, -0.1) is 0 Å². The second kappa shape index (κ2) is 6.81. The number of ether oxygens (including phenoxy) is 1. The summed E-state index contributed by atoms with van der Waals surface area (Å²) < 4.78 is 5.42. The Morgan fingerprint density at radius 1 is 1.44 bits per heavy atom. The first-order chi connectivity index (χ1) is 7.76. The van der Waals surface area contributed by atoms with Crippen molar-refractivity contribution in [3.63, 3.8) is 0 Å². The molecule has 0 amide bonds. The molecule has 1 aromatic carbocycles. The lowest BCUT2D eigenvalue weighted by atomic mass is 10.0. The Kier molecular flexibility index (Phi) is 5.71. The fourth-order valence-corrected chi connectivity index (χ4v) is 2.45. The van der Waals surface area contributed by atoms with Crippen LogP contribution < -0.4 is 10.1 Å². The molecule has 1 N–H and O–H groups in total. The first-order valence-corrected chi connectivity index (χ1v) is 6.99. The van der Waals surface area contributed by atoms with Crippen LogP contribution in [0.3, 0.4) is 0 Å². The maximum atomic E-state index is 5.42. The van der Waals surface area contributed by atoms with Gasteiger partial charge in [-0.3, -0.25) is 0 Å². The maximum Gasteiger partial charge on any atom is 0.123 e. The van der Waals surface area contributed by atoms with Gasteiger partial charge >= 0.3 is 0 Å². The van der Waals surface area contributed by atoms with E-state index >= 15 is 0 Å². The molecule has 16 heavy (non-hydrogen) atoms. The molecule has 1 aromatic rings. The zero-order chi connectivity index (χ0) is 12.0. The van der Waals surface area contributed by atoms with E-state index in [0.717, 1.165) is 17.9 Å². The summed E-state index contributed by atoms with van der Waals surface area (Å²) in [5.74, 6) is 2.03. The summed E-state index contributed by atoms with van der Waals surface area (Å²) in [5.41, 5.74) is 2.62. The summed E-state index contributed by atoms with van der Waals surface area (Å²) in [6, 6.07) is 6.81. The van der Waals surface area contributed by atoms with Gasteiger partial charge in [0.15, 0.2) is 0 Å². The quantitative estimate of drug-likeness (QED) is 0.825. The van der Waals surface area contributed by atoms with Crippen molar-refractivity contribution >= 4 is 11.8 Å². The van der Waals surface area contributed by atoms with Gasteiger partial charge in [-0.1, -0.05) is 19.1 Å². The minimum Gasteiger partial charge on any atom is -0.496 e. The zero-order valence-electron chi connectivity index (χ0n) is 10.5. The summed E-state index contributed by atoms with van der Waals surface area (Å²) in [7, 11) is 3.73. The van der Waals surface area contributed by atoms with E-state index in [1.807, 2.05) is 18.8 Å². The molecule has 0 saturated heterocycles. The third-order valence-corrected chi connectivity index (χ3v) is 3.43. The molecule has 0 saturated carbocycles. The average molecular weight is 239 g/mol. The first kappa shape index (κ1) is 13.4. The normalized spacial score (nSPS) is 12.5. The largest absolute Gasteiger partial charge is 0.496 e. The minimum absolute atomic E-state index is 0.358. The fourth-order valence-electron chi connectivity index (χ4n) is 1.77. The molecule has 0 spiro atoms. The molecular weight excluding hydrogens is 218 g/mol. The SMILES string of the molecule is CCc1ccc(OC)c(C(CSC)NC)c1. The van der Waals surface area contributed by atoms with Crippen molar-refractivity contribution in [3.8, 4) is 5.75 Å². The Bertz CT molecular complexity index is 328. The summed E-state index contributed by atoms with van der Waals surface area (Å²) >= 11 is 1.84. The lowest BCUT2D eigenvalue weighted by Gasteiger charge is -2.19. The van der Waals surface area contributed by atoms with Crippen molar-refractivity contribution in [1.29, 1.82) is 0 Å². The van der Waals surface area contributed by atoms with Crippen molar-refractivity contribution in [3.05, 3.63) is 29.3 Å². The number of hydrogen-bond donors (Lipinski definition) is 1. The predicted molar refractivity (Wildman–Crippen MR) is 72.6 cm³/mol. The van der Waals surface area contributed by atoms with E-state index in [1.54, 1.807) is 7.11 Å². The van der Waals surface area contributed by atoms with Crippen molar-refractivity contribution in [1.82, 2.24) is 5.32 Å². The monoisotopic (exact) mass is 239 g/mol. The molecule has 1 unspecified atom stereocenters. The van der Waals surface area contributed by atoms with E-state index in [9.17, 15) is 0 Å². The lowest BCUT2D eigenvalue weighted by Crippen LogP contribution is -2.19. The fraction of sp³-hybridized carbons (Fsp3) is 0.538. The van der Waals surface area contributed by atoms with Gasteiger partial charge in [-0.05, 0) is 31.4 Å².